The average Bonchev–Trinajstić information content (AvgIpc) is 3.30. The Morgan fingerprint density at radius 2 is 1.00 bits per heavy atom. The molecule has 2 aromatic heterocycles. The molecule has 172 valence electrons. The van der Waals surface area contributed by atoms with Crippen LogP contribution >= 0.6 is 0 Å². The van der Waals surface area contributed by atoms with Gasteiger partial charge in [-0.05, 0) is 46.0 Å². The van der Waals surface area contributed by atoms with Crippen molar-refractivity contribution in [2.24, 2.45) is 0 Å². The highest BCUT2D eigenvalue weighted by molar-refractivity contribution is 6.21. The molecule has 0 aliphatic rings. The van der Waals surface area contributed by atoms with Crippen LogP contribution in [0.4, 0.5) is 0 Å². The first-order valence-electron chi connectivity index (χ1n) is 12.7. The van der Waals surface area contributed by atoms with E-state index in [-0.39, 0.29) is 0 Å². The number of benzene rings is 6. The van der Waals surface area contributed by atoms with Crippen LogP contribution in [0.3, 0.4) is 0 Å². The van der Waals surface area contributed by atoms with Gasteiger partial charge in [0.2, 0.25) is 0 Å². The molecule has 0 saturated carbocycles. The Labute approximate surface area is 214 Å². The van der Waals surface area contributed by atoms with E-state index in [1.807, 2.05) is 6.20 Å². The molecule has 8 rings (SSSR count). The van der Waals surface area contributed by atoms with Crippen molar-refractivity contribution in [1.29, 1.82) is 0 Å². The zero-order valence-electron chi connectivity index (χ0n) is 20.1. The Morgan fingerprint density at radius 3 is 1.76 bits per heavy atom. The molecule has 2 nitrogen and oxygen atoms in total. The van der Waals surface area contributed by atoms with E-state index in [0.717, 1.165) is 10.9 Å². The number of hydrogen-bond donors (Lipinski definition) is 0. The van der Waals surface area contributed by atoms with E-state index in [0.29, 0.717) is 0 Å². The fourth-order valence-corrected chi connectivity index (χ4v) is 6.10. The summed E-state index contributed by atoms with van der Waals surface area (Å²) in [6.45, 7) is 0. The molecule has 0 saturated heterocycles. The number of hydrogen-bond acceptors (Lipinski definition) is 1. The number of para-hydroxylation sites is 2. The van der Waals surface area contributed by atoms with E-state index in [1.54, 1.807) is 0 Å². The van der Waals surface area contributed by atoms with E-state index in [4.69, 9.17) is 4.98 Å². The molecular weight excluding hydrogens is 448 g/mol. The van der Waals surface area contributed by atoms with Gasteiger partial charge in [0.15, 0.2) is 0 Å². The minimum absolute atomic E-state index is 1.02. The predicted molar refractivity (Wildman–Crippen MR) is 157 cm³/mol. The number of fused-ring (bicyclic) bond motifs is 6. The van der Waals surface area contributed by atoms with Gasteiger partial charge in [-0.3, -0.25) is 4.98 Å². The lowest BCUT2D eigenvalue weighted by molar-refractivity contribution is 1.21. The summed E-state index contributed by atoms with van der Waals surface area (Å²) in [5.74, 6) is 0. The smallest absolute Gasteiger partial charge is 0.0808 e. The van der Waals surface area contributed by atoms with Gasteiger partial charge in [0, 0.05) is 33.3 Å². The van der Waals surface area contributed by atoms with Gasteiger partial charge in [0.1, 0.15) is 0 Å². The third-order valence-corrected chi connectivity index (χ3v) is 7.61. The maximum atomic E-state index is 5.03. The number of pyridine rings is 1. The highest BCUT2D eigenvalue weighted by Crippen LogP contribution is 2.44. The normalized spacial score (nSPS) is 11.8. The molecule has 6 aromatic carbocycles. The van der Waals surface area contributed by atoms with Crippen molar-refractivity contribution in [3.63, 3.8) is 0 Å². The van der Waals surface area contributed by atoms with Gasteiger partial charge >= 0.3 is 0 Å². The Morgan fingerprint density at radius 1 is 0.432 bits per heavy atom. The molecule has 2 heterocycles. The standard InChI is InChI=1S/C35H22N2/c1-2-13-24-23(11-1)12-9-18-27(24)33-28-16-3-4-17-29(28)35(30-19-10-22-36-34(30)33)37-31-20-7-5-14-25(31)26-15-6-8-21-32(26)37/h1-22H. The molecular formula is C35H22N2. The van der Waals surface area contributed by atoms with Crippen LogP contribution in [-0.4, -0.2) is 9.55 Å². The van der Waals surface area contributed by atoms with Gasteiger partial charge < -0.3 is 4.57 Å². The maximum absolute atomic E-state index is 5.03. The summed E-state index contributed by atoms with van der Waals surface area (Å²) in [4.78, 5) is 5.03. The summed E-state index contributed by atoms with van der Waals surface area (Å²) in [7, 11) is 0. The molecule has 0 atom stereocenters. The monoisotopic (exact) mass is 470 g/mol. The lowest BCUT2D eigenvalue weighted by Gasteiger charge is -2.19. The van der Waals surface area contributed by atoms with Gasteiger partial charge in [0.25, 0.3) is 0 Å². The summed E-state index contributed by atoms with van der Waals surface area (Å²) in [5.41, 5.74) is 7.02. The third kappa shape index (κ3) is 2.84. The number of rotatable bonds is 2. The van der Waals surface area contributed by atoms with Crippen LogP contribution in [0.25, 0.3) is 71.1 Å². The van der Waals surface area contributed by atoms with Crippen LogP contribution in [0, 0.1) is 0 Å². The second kappa shape index (κ2) is 7.78. The molecule has 0 fully saturated rings. The van der Waals surface area contributed by atoms with Crippen LogP contribution in [0.1, 0.15) is 0 Å². The van der Waals surface area contributed by atoms with Gasteiger partial charge in [0.05, 0.1) is 22.2 Å². The van der Waals surface area contributed by atoms with E-state index in [1.165, 1.54) is 60.2 Å². The molecule has 8 aromatic rings. The van der Waals surface area contributed by atoms with Crippen LogP contribution in [0.15, 0.2) is 134 Å². The second-order valence-corrected chi connectivity index (χ2v) is 9.57. The van der Waals surface area contributed by atoms with Crippen molar-refractivity contribution in [1.82, 2.24) is 9.55 Å². The van der Waals surface area contributed by atoms with Crippen molar-refractivity contribution < 1.29 is 0 Å². The average molecular weight is 471 g/mol. The lowest BCUT2D eigenvalue weighted by Crippen LogP contribution is -2.00. The summed E-state index contributed by atoms with van der Waals surface area (Å²) in [6, 6.07) is 45.7. The summed E-state index contributed by atoms with van der Waals surface area (Å²) < 4.78 is 2.43. The van der Waals surface area contributed by atoms with Crippen molar-refractivity contribution in [2.75, 3.05) is 0 Å². The highest BCUT2D eigenvalue weighted by Gasteiger charge is 2.21. The molecule has 37 heavy (non-hydrogen) atoms. The molecule has 0 aliphatic heterocycles. The van der Waals surface area contributed by atoms with Crippen molar-refractivity contribution >= 4 is 54.3 Å². The topological polar surface area (TPSA) is 17.8 Å². The third-order valence-electron chi connectivity index (χ3n) is 7.61. The number of nitrogens with zero attached hydrogens (tertiary/aromatic N) is 2. The summed E-state index contributed by atoms with van der Waals surface area (Å²) in [6.07, 6.45) is 1.92. The van der Waals surface area contributed by atoms with Crippen LogP contribution < -0.4 is 0 Å². The minimum atomic E-state index is 1.02. The number of aromatic nitrogens is 2. The maximum Gasteiger partial charge on any atom is 0.0808 e. The Hall–Kier alpha value is -4.95. The summed E-state index contributed by atoms with van der Waals surface area (Å²) in [5, 5.41) is 8.58. The van der Waals surface area contributed by atoms with Crippen LogP contribution in [0.2, 0.25) is 0 Å². The molecule has 0 unspecified atom stereocenters. The molecule has 0 radical (unpaired) electrons. The minimum Gasteiger partial charge on any atom is -0.308 e. The first-order valence-corrected chi connectivity index (χ1v) is 12.7. The van der Waals surface area contributed by atoms with Gasteiger partial charge in [-0.15, -0.1) is 0 Å². The Balaban J connectivity index is 1.62. The first kappa shape index (κ1) is 20.3. The van der Waals surface area contributed by atoms with Gasteiger partial charge in [-0.2, -0.15) is 0 Å². The fourth-order valence-electron chi connectivity index (χ4n) is 6.10. The van der Waals surface area contributed by atoms with E-state index in [2.05, 4.69) is 132 Å². The van der Waals surface area contributed by atoms with E-state index in [9.17, 15) is 0 Å². The van der Waals surface area contributed by atoms with Crippen molar-refractivity contribution in [2.45, 2.75) is 0 Å². The second-order valence-electron chi connectivity index (χ2n) is 9.57. The van der Waals surface area contributed by atoms with Gasteiger partial charge in [-0.25, -0.2) is 0 Å². The van der Waals surface area contributed by atoms with E-state index >= 15 is 0 Å². The molecule has 0 bridgehead atoms. The van der Waals surface area contributed by atoms with E-state index < -0.39 is 0 Å². The Bertz CT molecular complexity index is 2030. The molecule has 2 heteroatoms. The summed E-state index contributed by atoms with van der Waals surface area (Å²) >= 11 is 0. The molecule has 0 amide bonds. The first-order chi connectivity index (χ1) is 18.4. The highest BCUT2D eigenvalue weighted by atomic mass is 15.0. The van der Waals surface area contributed by atoms with Crippen molar-refractivity contribution in [3.8, 4) is 16.8 Å². The zero-order valence-corrected chi connectivity index (χ0v) is 20.1. The van der Waals surface area contributed by atoms with Crippen LogP contribution in [-0.2, 0) is 0 Å². The predicted octanol–water partition coefficient (Wildman–Crippen LogP) is 9.31. The van der Waals surface area contributed by atoms with Gasteiger partial charge in [-0.1, -0.05) is 103 Å². The largest absolute Gasteiger partial charge is 0.308 e. The van der Waals surface area contributed by atoms with Crippen molar-refractivity contribution in [3.05, 3.63) is 134 Å². The quantitative estimate of drug-likeness (QED) is 0.230. The zero-order chi connectivity index (χ0) is 24.3. The molecule has 0 N–H and O–H groups in total. The van der Waals surface area contributed by atoms with Crippen LogP contribution in [0.5, 0.6) is 0 Å². The SMILES string of the molecule is c1ccc2c(-c3c4ccccc4c(-n4c5ccccc5c5ccccc54)c4cccnc34)cccc2c1. The lowest BCUT2D eigenvalue weighted by atomic mass is 9.90. The fraction of sp³-hybridized carbons (Fsp3) is 0. The molecule has 0 aliphatic carbocycles. The Kier molecular flexibility index (Phi) is 4.26. The molecule has 0 spiro atoms.